The van der Waals surface area contributed by atoms with E-state index in [4.69, 9.17) is 11.5 Å². The molecule has 0 aromatic rings. The first-order valence-electron chi connectivity index (χ1n) is 9.79. The normalized spacial score (nSPS) is 16.1. The first-order valence-corrected chi connectivity index (χ1v) is 10.4. The highest BCUT2D eigenvalue weighted by atomic mass is 32.1. The molecule has 0 rings (SSSR count). The minimum atomic E-state index is -1.15. The summed E-state index contributed by atoms with van der Waals surface area (Å²) in [5.41, 5.74) is 10.9. The fourth-order valence-corrected chi connectivity index (χ4v) is 2.72. The third kappa shape index (κ3) is 9.95. The molecule has 5 unspecified atom stereocenters. The van der Waals surface area contributed by atoms with Crippen LogP contribution in [-0.2, 0) is 19.2 Å². The number of carboxylic acids is 1. The van der Waals surface area contributed by atoms with E-state index in [1.54, 1.807) is 6.92 Å². The molecule has 0 fully saturated rings. The van der Waals surface area contributed by atoms with Gasteiger partial charge in [-0.15, -0.1) is 0 Å². The maximum Gasteiger partial charge on any atom is 0.326 e. The fourth-order valence-electron chi connectivity index (χ4n) is 2.46. The van der Waals surface area contributed by atoms with Crippen molar-refractivity contribution in [1.82, 2.24) is 16.0 Å². The molecule has 0 aromatic heterocycles. The van der Waals surface area contributed by atoms with Crippen LogP contribution in [0.3, 0.4) is 0 Å². The molecule has 3 amide bonds. The minimum Gasteiger partial charge on any atom is -0.480 e. The second kappa shape index (κ2) is 14.2. The van der Waals surface area contributed by atoms with E-state index in [-0.39, 0.29) is 18.1 Å². The number of carboxylic acid groups (broad SMARTS) is 1. The predicted octanol–water partition coefficient (Wildman–Crippen LogP) is -1.02. The van der Waals surface area contributed by atoms with Crippen molar-refractivity contribution in [3.05, 3.63) is 0 Å². The van der Waals surface area contributed by atoms with Crippen LogP contribution in [0, 0.1) is 5.92 Å². The number of carbonyl (C=O) groups excluding carboxylic acids is 3. The van der Waals surface area contributed by atoms with Crippen LogP contribution in [0.1, 0.15) is 46.5 Å². The highest BCUT2D eigenvalue weighted by Gasteiger charge is 2.31. The number of carbonyl (C=O) groups is 4. The van der Waals surface area contributed by atoms with Crippen molar-refractivity contribution in [3.63, 3.8) is 0 Å². The van der Waals surface area contributed by atoms with Crippen LogP contribution in [-0.4, -0.2) is 65.3 Å². The van der Waals surface area contributed by atoms with Gasteiger partial charge < -0.3 is 32.5 Å². The van der Waals surface area contributed by atoms with E-state index in [9.17, 15) is 24.3 Å². The Morgan fingerprint density at radius 2 is 1.55 bits per heavy atom. The highest BCUT2D eigenvalue weighted by molar-refractivity contribution is 7.80. The van der Waals surface area contributed by atoms with E-state index < -0.39 is 47.9 Å². The first kappa shape index (κ1) is 27.1. The maximum atomic E-state index is 12.7. The van der Waals surface area contributed by atoms with Gasteiger partial charge in [0.1, 0.15) is 18.1 Å². The largest absolute Gasteiger partial charge is 0.480 e. The van der Waals surface area contributed by atoms with Gasteiger partial charge in [0.15, 0.2) is 0 Å². The standard InChI is InChI=1S/C18H35N5O5S/c1-4-10(2)14(17(26)21-12(18(27)28)7-5-6-8-19)23-16(25)13(9-29)22-15(24)11(3)20/h10-14,29H,4-9,19-20H2,1-3H3,(H,21,26)(H,22,24)(H,23,25)(H,27,28). The van der Waals surface area contributed by atoms with E-state index in [0.717, 1.165) is 0 Å². The number of nitrogens with one attached hydrogen (secondary N) is 3. The van der Waals surface area contributed by atoms with Crippen LogP contribution in [0.5, 0.6) is 0 Å². The molecule has 0 heterocycles. The molecule has 8 N–H and O–H groups in total. The Morgan fingerprint density at radius 1 is 0.966 bits per heavy atom. The van der Waals surface area contributed by atoms with E-state index in [2.05, 4.69) is 28.6 Å². The van der Waals surface area contributed by atoms with Crippen LogP contribution in [0.4, 0.5) is 0 Å². The van der Waals surface area contributed by atoms with Gasteiger partial charge >= 0.3 is 5.97 Å². The third-order valence-electron chi connectivity index (χ3n) is 4.58. The molecule has 10 nitrogen and oxygen atoms in total. The Labute approximate surface area is 177 Å². The Balaban J connectivity index is 5.22. The molecule has 0 aliphatic heterocycles. The van der Waals surface area contributed by atoms with Crippen molar-refractivity contribution in [2.75, 3.05) is 12.3 Å². The van der Waals surface area contributed by atoms with E-state index in [1.165, 1.54) is 6.92 Å². The van der Waals surface area contributed by atoms with Gasteiger partial charge in [0.25, 0.3) is 0 Å². The molecule has 29 heavy (non-hydrogen) atoms. The fraction of sp³-hybridized carbons (Fsp3) is 0.778. The zero-order valence-corrected chi connectivity index (χ0v) is 18.2. The van der Waals surface area contributed by atoms with Crippen LogP contribution in [0.2, 0.25) is 0 Å². The summed E-state index contributed by atoms with van der Waals surface area (Å²) in [4.78, 5) is 48.5. The van der Waals surface area contributed by atoms with Crippen LogP contribution in [0.25, 0.3) is 0 Å². The number of amides is 3. The quantitative estimate of drug-likeness (QED) is 0.135. The molecular weight excluding hydrogens is 398 g/mol. The maximum absolute atomic E-state index is 12.7. The lowest BCUT2D eigenvalue weighted by molar-refractivity contribution is -0.142. The molecule has 0 radical (unpaired) electrons. The van der Waals surface area contributed by atoms with E-state index in [1.807, 2.05) is 6.92 Å². The lowest BCUT2D eigenvalue weighted by atomic mass is 9.97. The summed E-state index contributed by atoms with van der Waals surface area (Å²) in [6, 6.07) is -3.81. The van der Waals surface area contributed by atoms with Crippen LogP contribution < -0.4 is 27.4 Å². The summed E-state index contributed by atoms with van der Waals surface area (Å²) in [5.74, 6) is -3.11. The Kier molecular flexibility index (Phi) is 13.3. The first-order chi connectivity index (χ1) is 13.6. The van der Waals surface area contributed by atoms with Gasteiger partial charge in [-0.3, -0.25) is 14.4 Å². The minimum absolute atomic E-state index is 0.00990. The average Bonchev–Trinajstić information content (AvgIpc) is 2.67. The van der Waals surface area contributed by atoms with Crippen molar-refractivity contribution in [2.45, 2.75) is 70.6 Å². The molecule has 0 aromatic carbocycles. The van der Waals surface area contributed by atoms with Crippen LogP contribution >= 0.6 is 12.6 Å². The zero-order valence-electron chi connectivity index (χ0n) is 17.3. The molecule has 0 bridgehead atoms. The summed E-state index contributed by atoms with van der Waals surface area (Å²) < 4.78 is 0. The van der Waals surface area contributed by atoms with Gasteiger partial charge in [0, 0.05) is 5.75 Å². The lowest BCUT2D eigenvalue weighted by Crippen LogP contribution is -2.59. The van der Waals surface area contributed by atoms with Gasteiger partial charge in [0.2, 0.25) is 17.7 Å². The molecule has 5 atom stereocenters. The molecule has 0 saturated heterocycles. The molecule has 0 aliphatic carbocycles. The second-order valence-corrected chi connectivity index (χ2v) is 7.45. The molecule has 168 valence electrons. The number of nitrogens with two attached hydrogens (primary N) is 2. The smallest absolute Gasteiger partial charge is 0.326 e. The second-order valence-electron chi connectivity index (χ2n) is 7.09. The van der Waals surface area contributed by atoms with E-state index >= 15 is 0 Å². The summed E-state index contributed by atoms with van der Waals surface area (Å²) in [6.07, 6.45) is 2.01. The summed E-state index contributed by atoms with van der Waals surface area (Å²) in [7, 11) is 0. The van der Waals surface area contributed by atoms with Gasteiger partial charge in [-0.2, -0.15) is 12.6 Å². The van der Waals surface area contributed by atoms with Gasteiger partial charge in [0.05, 0.1) is 6.04 Å². The average molecular weight is 434 g/mol. The molecule has 11 heteroatoms. The number of unbranched alkanes of at least 4 members (excludes halogenated alkanes) is 1. The number of aliphatic carboxylic acids is 1. The molecule has 0 spiro atoms. The van der Waals surface area contributed by atoms with Crippen molar-refractivity contribution >= 4 is 36.3 Å². The summed E-state index contributed by atoms with van der Waals surface area (Å²) in [6.45, 7) is 5.53. The van der Waals surface area contributed by atoms with Crippen molar-refractivity contribution < 1.29 is 24.3 Å². The SMILES string of the molecule is CCC(C)C(NC(=O)C(CS)NC(=O)C(C)N)C(=O)NC(CCCCN)C(=O)O. The summed E-state index contributed by atoms with van der Waals surface area (Å²) in [5, 5.41) is 16.9. The van der Waals surface area contributed by atoms with Crippen LogP contribution in [0.15, 0.2) is 0 Å². The Bertz CT molecular complexity index is 561. The molecular formula is C18H35N5O5S. The molecule has 0 aliphatic rings. The number of hydrogen-bond acceptors (Lipinski definition) is 7. The Morgan fingerprint density at radius 3 is 2.00 bits per heavy atom. The number of hydrogen-bond donors (Lipinski definition) is 7. The molecule has 0 saturated carbocycles. The van der Waals surface area contributed by atoms with E-state index in [0.29, 0.717) is 25.8 Å². The van der Waals surface area contributed by atoms with Crippen molar-refractivity contribution in [3.8, 4) is 0 Å². The van der Waals surface area contributed by atoms with Gasteiger partial charge in [-0.25, -0.2) is 4.79 Å². The highest BCUT2D eigenvalue weighted by Crippen LogP contribution is 2.10. The van der Waals surface area contributed by atoms with Gasteiger partial charge in [-0.1, -0.05) is 20.3 Å². The van der Waals surface area contributed by atoms with Gasteiger partial charge in [-0.05, 0) is 38.6 Å². The predicted molar refractivity (Wildman–Crippen MR) is 113 cm³/mol. The monoisotopic (exact) mass is 433 g/mol. The van der Waals surface area contributed by atoms with Crippen molar-refractivity contribution in [1.29, 1.82) is 0 Å². The van der Waals surface area contributed by atoms with Crippen molar-refractivity contribution in [2.24, 2.45) is 17.4 Å². The third-order valence-corrected chi connectivity index (χ3v) is 4.95. The number of thiol groups is 1. The number of rotatable bonds is 14. The topological polar surface area (TPSA) is 177 Å². The lowest BCUT2D eigenvalue weighted by Gasteiger charge is -2.27. The summed E-state index contributed by atoms with van der Waals surface area (Å²) >= 11 is 4.07. The Hall–Kier alpha value is -1.85. The zero-order chi connectivity index (χ0) is 22.6.